The molecular weight excluding hydrogens is 490 g/mol. The average molecular weight is 524 g/mol. The minimum absolute atomic E-state index is 0.211. The molecule has 3 aromatic carbocycles. The Morgan fingerprint density at radius 3 is 2.54 bits per heavy atom. The molecule has 1 aliphatic rings. The lowest BCUT2D eigenvalue weighted by Crippen LogP contribution is -2.46. The summed E-state index contributed by atoms with van der Waals surface area (Å²) >= 11 is 0. The van der Waals surface area contributed by atoms with Crippen LogP contribution < -0.4 is 14.4 Å². The molecule has 1 amide bonds. The number of methoxy groups -OCH3 is 1. The van der Waals surface area contributed by atoms with E-state index in [-0.39, 0.29) is 18.1 Å². The third kappa shape index (κ3) is 7.09. The Kier molecular flexibility index (Phi) is 8.48. The second-order valence-corrected chi connectivity index (χ2v) is 11.3. The first-order valence-corrected chi connectivity index (χ1v) is 13.9. The van der Waals surface area contributed by atoms with Crippen molar-refractivity contribution in [2.45, 2.75) is 25.1 Å². The van der Waals surface area contributed by atoms with Gasteiger partial charge in [0.15, 0.2) is 0 Å². The van der Waals surface area contributed by atoms with E-state index in [0.29, 0.717) is 37.5 Å². The lowest BCUT2D eigenvalue weighted by Gasteiger charge is -2.25. The highest BCUT2D eigenvalue weighted by atomic mass is 32.2. The number of sulfonamides is 1. The largest absolute Gasteiger partial charge is 0.497 e. The van der Waals surface area contributed by atoms with Gasteiger partial charge in [0.2, 0.25) is 10.0 Å². The number of anilines is 1. The number of benzene rings is 3. The highest BCUT2D eigenvalue weighted by Gasteiger charge is 2.32. The third-order valence-electron chi connectivity index (χ3n) is 6.48. The second kappa shape index (κ2) is 11.8. The monoisotopic (exact) mass is 523 g/mol. The first-order valence-electron chi connectivity index (χ1n) is 12.1. The molecule has 0 spiro atoms. The van der Waals surface area contributed by atoms with E-state index in [4.69, 9.17) is 9.47 Å². The lowest BCUT2D eigenvalue weighted by atomic mass is 10.00. The van der Waals surface area contributed by atoms with Crippen LogP contribution in [0.2, 0.25) is 0 Å². The van der Waals surface area contributed by atoms with Crippen LogP contribution in [0.4, 0.5) is 5.69 Å². The molecule has 0 bridgehead atoms. The van der Waals surface area contributed by atoms with Crippen molar-refractivity contribution in [3.8, 4) is 5.75 Å². The van der Waals surface area contributed by atoms with Gasteiger partial charge in [0, 0.05) is 25.7 Å². The Hall–Kier alpha value is -3.40. The zero-order chi connectivity index (χ0) is 26.4. The summed E-state index contributed by atoms with van der Waals surface area (Å²) in [6, 6.07) is 24.3. The fourth-order valence-electron chi connectivity index (χ4n) is 4.37. The molecule has 1 N–H and O–H groups in total. The van der Waals surface area contributed by atoms with Gasteiger partial charge in [0.25, 0.3) is 5.91 Å². The number of nitrogens with zero attached hydrogens (tertiary/aromatic N) is 2. The highest BCUT2D eigenvalue weighted by Crippen LogP contribution is 2.22. The van der Waals surface area contributed by atoms with Gasteiger partial charge in [-0.25, -0.2) is 8.42 Å². The Bertz CT molecular complexity index is 1320. The van der Waals surface area contributed by atoms with E-state index in [1.165, 1.54) is 7.05 Å². The molecule has 0 radical (unpaired) electrons. The van der Waals surface area contributed by atoms with Crippen molar-refractivity contribution >= 4 is 21.6 Å². The number of amides is 1. The van der Waals surface area contributed by atoms with Crippen LogP contribution in [0.3, 0.4) is 0 Å². The van der Waals surface area contributed by atoms with Gasteiger partial charge in [-0.1, -0.05) is 48.5 Å². The van der Waals surface area contributed by atoms with Crippen molar-refractivity contribution in [1.82, 2.24) is 10.2 Å². The number of hydrogen-bond acceptors (Lipinski definition) is 6. The summed E-state index contributed by atoms with van der Waals surface area (Å²) in [5.74, 6) is 0.534. The fraction of sp³-hybridized carbons (Fsp3) is 0.321. The van der Waals surface area contributed by atoms with E-state index in [0.717, 1.165) is 27.4 Å². The molecule has 37 heavy (non-hydrogen) atoms. The maximum Gasteiger partial charge on any atom is 0.251 e. The summed E-state index contributed by atoms with van der Waals surface area (Å²) in [4.78, 5) is 15.5. The Labute approximate surface area is 218 Å². The number of carbonyl (C=O) groups excluding carboxylic acids is 1. The van der Waals surface area contributed by atoms with Crippen LogP contribution in [0.15, 0.2) is 78.9 Å². The van der Waals surface area contributed by atoms with Crippen molar-refractivity contribution in [2.75, 3.05) is 38.0 Å². The van der Waals surface area contributed by atoms with Gasteiger partial charge in [-0.3, -0.25) is 14.0 Å². The Balaban J connectivity index is 1.49. The SMILES string of the molecule is COc1cccc(CN2CO[C@@H]([C@H](Cc3ccccc3)NC(=O)c3cccc(N(C)S(C)(=O)=O)c3)C2)c1. The van der Waals surface area contributed by atoms with Crippen LogP contribution >= 0.6 is 0 Å². The molecule has 8 nitrogen and oxygen atoms in total. The quantitative estimate of drug-likeness (QED) is 0.439. The molecule has 196 valence electrons. The molecule has 1 saturated heterocycles. The van der Waals surface area contributed by atoms with Crippen molar-refractivity contribution in [3.63, 3.8) is 0 Å². The fourth-order valence-corrected chi connectivity index (χ4v) is 4.87. The topological polar surface area (TPSA) is 88.2 Å². The molecule has 0 unspecified atom stereocenters. The molecule has 0 aromatic heterocycles. The van der Waals surface area contributed by atoms with Crippen LogP contribution in [0.5, 0.6) is 5.75 Å². The van der Waals surface area contributed by atoms with E-state index < -0.39 is 10.0 Å². The van der Waals surface area contributed by atoms with E-state index >= 15 is 0 Å². The third-order valence-corrected chi connectivity index (χ3v) is 7.69. The summed E-state index contributed by atoms with van der Waals surface area (Å²) in [7, 11) is -0.325. The van der Waals surface area contributed by atoms with Crippen molar-refractivity contribution in [1.29, 1.82) is 0 Å². The van der Waals surface area contributed by atoms with Crippen LogP contribution in [-0.2, 0) is 27.7 Å². The van der Waals surface area contributed by atoms with Crippen LogP contribution in [-0.4, -0.2) is 65.1 Å². The summed E-state index contributed by atoms with van der Waals surface area (Å²) in [5, 5.41) is 3.15. The van der Waals surface area contributed by atoms with Crippen LogP contribution in [0.25, 0.3) is 0 Å². The molecule has 1 heterocycles. The molecule has 1 aliphatic heterocycles. The Morgan fingerprint density at radius 1 is 1.08 bits per heavy atom. The Morgan fingerprint density at radius 2 is 1.81 bits per heavy atom. The second-order valence-electron chi connectivity index (χ2n) is 9.25. The van der Waals surface area contributed by atoms with Crippen molar-refractivity contribution < 1.29 is 22.7 Å². The number of rotatable bonds is 10. The zero-order valence-electron chi connectivity index (χ0n) is 21.3. The molecule has 0 aliphatic carbocycles. The maximum absolute atomic E-state index is 13.3. The van der Waals surface area contributed by atoms with Gasteiger partial charge >= 0.3 is 0 Å². The maximum atomic E-state index is 13.3. The van der Waals surface area contributed by atoms with Gasteiger partial charge in [0.05, 0.1) is 37.9 Å². The van der Waals surface area contributed by atoms with Crippen molar-refractivity contribution in [2.24, 2.45) is 0 Å². The predicted molar refractivity (Wildman–Crippen MR) is 144 cm³/mol. The number of hydrogen-bond donors (Lipinski definition) is 1. The molecule has 4 rings (SSSR count). The average Bonchev–Trinajstić information content (AvgIpc) is 3.36. The minimum atomic E-state index is -3.44. The van der Waals surface area contributed by atoms with E-state index in [2.05, 4.69) is 16.3 Å². The predicted octanol–water partition coefficient (Wildman–Crippen LogP) is 3.29. The number of carbonyl (C=O) groups is 1. The zero-order valence-corrected chi connectivity index (χ0v) is 22.1. The number of nitrogens with one attached hydrogen (secondary N) is 1. The number of ether oxygens (including phenoxy) is 2. The van der Waals surface area contributed by atoms with Crippen molar-refractivity contribution in [3.05, 3.63) is 95.6 Å². The van der Waals surface area contributed by atoms with Gasteiger partial charge in [-0.15, -0.1) is 0 Å². The smallest absolute Gasteiger partial charge is 0.251 e. The summed E-state index contributed by atoms with van der Waals surface area (Å²) in [6.45, 7) is 1.82. The van der Waals surface area contributed by atoms with E-state index in [1.54, 1.807) is 31.4 Å². The molecule has 3 aromatic rings. The first-order chi connectivity index (χ1) is 17.7. The van der Waals surface area contributed by atoms with E-state index in [1.807, 2.05) is 48.5 Å². The molecule has 0 saturated carbocycles. The van der Waals surface area contributed by atoms with Crippen LogP contribution in [0.1, 0.15) is 21.5 Å². The van der Waals surface area contributed by atoms with Crippen LogP contribution in [0, 0.1) is 0 Å². The van der Waals surface area contributed by atoms with Gasteiger partial charge in [0.1, 0.15) is 5.75 Å². The lowest BCUT2D eigenvalue weighted by molar-refractivity contribution is 0.0599. The summed E-state index contributed by atoms with van der Waals surface area (Å²) in [6.07, 6.45) is 1.52. The van der Waals surface area contributed by atoms with Gasteiger partial charge in [-0.2, -0.15) is 0 Å². The van der Waals surface area contributed by atoms with E-state index in [9.17, 15) is 13.2 Å². The standard InChI is InChI=1S/C28H33N3O5S/c1-30(37(3,33)34)24-13-8-12-23(17-24)28(32)29-26(16-21-9-5-4-6-10-21)27-19-31(20-36-27)18-22-11-7-14-25(15-22)35-2/h4-15,17,26-27H,16,18-20H2,1-3H3,(H,29,32)/t26-,27+/m0/s1. The summed E-state index contributed by atoms with van der Waals surface area (Å²) in [5.41, 5.74) is 3.03. The molecule has 9 heteroatoms. The van der Waals surface area contributed by atoms with Gasteiger partial charge in [-0.05, 0) is 47.9 Å². The molecule has 1 fully saturated rings. The first kappa shape index (κ1) is 26.7. The summed E-state index contributed by atoms with van der Waals surface area (Å²) < 4.78 is 36.6. The highest BCUT2D eigenvalue weighted by molar-refractivity contribution is 7.92. The normalized spacial score (nSPS) is 16.8. The minimum Gasteiger partial charge on any atom is -0.497 e. The molecular formula is C28H33N3O5S. The van der Waals surface area contributed by atoms with Gasteiger partial charge < -0.3 is 14.8 Å². The molecule has 2 atom stereocenters.